The van der Waals surface area contributed by atoms with E-state index in [1.54, 1.807) is 0 Å². The van der Waals surface area contributed by atoms with Crippen molar-refractivity contribution >= 4 is 12.2 Å². The van der Waals surface area contributed by atoms with E-state index in [0.29, 0.717) is 29.7 Å². The van der Waals surface area contributed by atoms with Crippen molar-refractivity contribution in [3.63, 3.8) is 0 Å². The van der Waals surface area contributed by atoms with E-state index in [9.17, 15) is 8.78 Å². The molecule has 0 unspecified atom stereocenters. The van der Waals surface area contributed by atoms with Crippen LogP contribution in [0, 0.1) is 16.4 Å². The minimum absolute atomic E-state index is 0.0868. The molecule has 0 amide bonds. The maximum atomic E-state index is 13.3. The molecule has 6 heteroatoms. The van der Waals surface area contributed by atoms with E-state index in [-0.39, 0.29) is 5.41 Å². The van der Waals surface area contributed by atoms with Gasteiger partial charge in [-0.3, -0.25) is 5.10 Å². The van der Waals surface area contributed by atoms with Gasteiger partial charge in [-0.05, 0) is 53.7 Å². The van der Waals surface area contributed by atoms with Gasteiger partial charge in [0.15, 0.2) is 10.6 Å². The van der Waals surface area contributed by atoms with Gasteiger partial charge in [-0.2, -0.15) is 5.10 Å². The van der Waals surface area contributed by atoms with Gasteiger partial charge >= 0.3 is 0 Å². The van der Waals surface area contributed by atoms with Crippen molar-refractivity contribution in [2.75, 3.05) is 0 Å². The minimum Gasteiger partial charge on any atom is -0.300 e. The normalized spacial score (nSPS) is 11.7. The van der Waals surface area contributed by atoms with Crippen LogP contribution in [0.3, 0.4) is 0 Å². The molecule has 1 N–H and O–H groups in total. The number of halogens is 2. The van der Waals surface area contributed by atoms with Crippen LogP contribution >= 0.6 is 12.2 Å². The largest absolute Gasteiger partial charge is 0.300 e. The lowest BCUT2D eigenvalue weighted by Gasteiger charge is -2.19. The first-order valence-electron chi connectivity index (χ1n) is 8.95. The van der Waals surface area contributed by atoms with Gasteiger partial charge in [-0.25, -0.2) is 8.78 Å². The van der Waals surface area contributed by atoms with Gasteiger partial charge < -0.3 is 4.57 Å². The Morgan fingerprint density at radius 1 is 1.04 bits per heavy atom. The smallest absolute Gasteiger partial charge is 0.195 e. The zero-order valence-electron chi connectivity index (χ0n) is 15.7. The predicted molar refractivity (Wildman–Crippen MR) is 106 cm³/mol. The lowest BCUT2D eigenvalue weighted by molar-refractivity contribution is 0.575. The third-order valence-electron chi connectivity index (χ3n) is 4.54. The standard InChI is InChI=1S/C21H23F2N3S/c1-21(2,3)16-8-6-15(7-9-16)19-24-25-20(27)26(19)10-4-5-14-11-17(22)13-18(23)12-14/h6-9,11-13H,4-5,10H2,1-3H3,(H,25,27). The highest BCUT2D eigenvalue weighted by Gasteiger charge is 2.15. The summed E-state index contributed by atoms with van der Waals surface area (Å²) in [5.41, 5.74) is 2.95. The SMILES string of the molecule is CC(C)(C)c1ccc(-c2n[nH]c(=S)n2CCCc2cc(F)cc(F)c2)cc1. The van der Waals surface area contributed by atoms with Crippen LogP contribution in [0.4, 0.5) is 8.78 Å². The van der Waals surface area contributed by atoms with E-state index in [1.165, 1.54) is 17.7 Å². The minimum atomic E-state index is -0.551. The molecule has 0 aliphatic heterocycles. The lowest BCUT2D eigenvalue weighted by Crippen LogP contribution is -2.10. The summed E-state index contributed by atoms with van der Waals surface area (Å²) in [5, 5.41) is 7.20. The second-order valence-electron chi connectivity index (χ2n) is 7.71. The second kappa shape index (κ2) is 7.72. The van der Waals surface area contributed by atoms with Crippen molar-refractivity contribution in [3.05, 3.63) is 70.0 Å². The van der Waals surface area contributed by atoms with Crippen molar-refractivity contribution in [2.24, 2.45) is 0 Å². The number of hydrogen-bond acceptors (Lipinski definition) is 2. The molecule has 1 heterocycles. The summed E-state index contributed by atoms with van der Waals surface area (Å²) in [6.45, 7) is 7.14. The fraction of sp³-hybridized carbons (Fsp3) is 0.333. The summed E-state index contributed by atoms with van der Waals surface area (Å²) in [7, 11) is 0. The van der Waals surface area contributed by atoms with Crippen molar-refractivity contribution in [1.82, 2.24) is 14.8 Å². The molecule has 0 atom stereocenters. The monoisotopic (exact) mass is 387 g/mol. The molecule has 1 aromatic heterocycles. The first kappa shape index (κ1) is 19.4. The van der Waals surface area contributed by atoms with Gasteiger partial charge in [0, 0.05) is 18.2 Å². The molecule has 0 spiro atoms. The van der Waals surface area contributed by atoms with E-state index in [4.69, 9.17) is 12.2 Å². The Balaban J connectivity index is 1.76. The van der Waals surface area contributed by atoms with Crippen LogP contribution < -0.4 is 0 Å². The summed E-state index contributed by atoms with van der Waals surface area (Å²) in [4.78, 5) is 0. The van der Waals surface area contributed by atoms with Gasteiger partial charge in [0.1, 0.15) is 11.6 Å². The molecule has 0 saturated carbocycles. The number of aryl methyl sites for hydroxylation is 1. The molecule has 0 radical (unpaired) electrons. The van der Waals surface area contributed by atoms with Gasteiger partial charge in [0.2, 0.25) is 0 Å². The van der Waals surface area contributed by atoms with Crippen LogP contribution in [-0.4, -0.2) is 14.8 Å². The number of aromatic amines is 1. The van der Waals surface area contributed by atoms with Crippen LogP contribution in [0.5, 0.6) is 0 Å². The lowest BCUT2D eigenvalue weighted by atomic mass is 9.87. The molecule has 3 nitrogen and oxygen atoms in total. The molecule has 142 valence electrons. The van der Waals surface area contributed by atoms with Gasteiger partial charge in [-0.1, -0.05) is 45.0 Å². The first-order chi connectivity index (χ1) is 12.7. The van der Waals surface area contributed by atoms with Crippen molar-refractivity contribution in [3.8, 4) is 11.4 Å². The van der Waals surface area contributed by atoms with E-state index >= 15 is 0 Å². The number of aromatic nitrogens is 3. The zero-order valence-corrected chi connectivity index (χ0v) is 16.5. The average molecular weight is 387 g/mol. The summed E-state index contributed by atoms with van der Waals surface area (Å²) in [5.74, 6) is -0.333. The highest BCUT2D eigenvalue weighted by molar-refractivity contribution is 7.71. The third-order valence-corrected chi connectivity index (χ3v) is 4.85. The molecule has 0 saturated heterocycles. The maximum absolute atomic E-state index is 13.3. The molecule has 3 rings (SSSR count). The van der Waals surface area contributed by atoms with Crippen LogP contribution in [0.25, 0.3) is 11.4 Å². The molecule has 0 bridgehead atoms. The van der Waals surface area contributed by atoms with Crippen molar-refractivity contribution in [2.45, 2.75) is 45.6 Å². The molecular formula is C21H23F2N3S. The fourth-order valence-corrected chi connectivity index (χ4v) is 3.28. The van der Waals surface area contributed by atoms with E-state index in [2.05, 4.69) is 43.1 Å². The molecule has 0 fully saturated rings. The Labute approximate surface area is 163 Å². The first-order valence-corrected chi connectivity index (χ1v) is 9.36. The van der Waals surface area contributed by atoms with Gasteiger partial charge in [0.25, 0.3) is 0 Å². The highest BCUT2D eigenvalue weighted by Crippen LogP contribution is 2.25. The van der Waals surface area contributed by atoms with Crippen LogP contribution in [0.15, 0.2) is 42.5 Å². The van der Waals surface area contributed by atoms with Gasteiger partial charge in [-0.15, -0.1) is 0 Å². The summed E-state index contributed by atoms with van der Waals surface area (Å²) >= 11 is 5.35. The third kappa shape index (κ3) is 4.69. The topological polar surface area (TPSA) is 33.6 Å². The Morgan fingerprint density at radius 2 is 1.67 bits per heavy atom. The van der Waals surface area contributed by atoms with Crippen LogP contribution in [0.2, 0.25) is 0 Å². The van der Waals surface area contributed by atoms with Gasteiger partial charge in [0.05, 0.1) is 0 Å². The Bertz CT molecular complexity index is 962. The molecule has 0 aliphatic rings. The predicted octanol–water partition coefficient (Wildman–Crippen LogP) is 5.82. The fourth-order valence-electron chi connectivity index (χ4n) is 3.06. The Kier molecular flexibility index (Phi) is 5.56. The molecular weight excluding hydrogens is 364 g/mol. The summed E-state index contributed by atoms with van der Waals surface area (Å²) < 4.78 is 29.1. The number of nitrogens with one attached hydrogen (secondary N) is 1. The van der Waals surface area contributed by atoms with E-state index in [0.717, 1.165) is 17.5 Å². The number of hydrogen-bond donors (Lipinski definition) is 1. The Morgan fingerprint density at radius 3 is 2.26 bits per heavy atom. The summed E-state index contributed by atoms with van der Waals surface area (Å²) in [6.07, 6.45) is 1.26. The number of benzene rings is 2. The maximum Gasteiger partial charge on any atom is 0.195 e. The van der Waals surface area contributed by atoms with Crippen molar-refractivity contribution in [1.29, 1.82) is 0 Å². The molecule has 27 heavy (non-hydrogen) atoms. The number of nitrogens with zero attached hydrogens (tertiary/aromatic N) is 2. The molecule has 2 aromatic carbocycles. The number of rotatable bonds is 5. The quantitative estimate of drug-likeness (QED) is 0.560. The zero-order chi connectivity index (χ0) is 19.6. The highest BCUT2D eigenvalue weighted by atomic mass is 32.1. The number of H-pyrrole nitrogens is 1. The van der Waals surface area contributed by atoms with Crippen LogP contribution in [0.1, 0.15) is 38.3 Å². The molecule has 3 aromatic rings. The van der Waals surface area contributed by atoms with Crippen molar-refractivity contribution < 1.29 is 8.78 Å². The van der Waals surface area contributed by atoms with Crippen LogP contribution in [-0.2, 0) is 18.4 Å². The van der Waals surface area contributed by atoms with E-state index in [1.807, 2.05) is 16.7 Å². The van der Waals surface area contributed by atoms with E-state index < -0.39 is 11.6 Å². The molecule has 0 aliphatic carbocycles. The average Bonchev–Trinajstić information content (AvgIpc) is 2.94. The summed E-state index contributed by atoms with van der Waals surface area (Å²) in [6, 6.07) is 11.9. The Hall–Kier alpha value is -2.34. The second-order valence-corrected chi connectivity index (χ2v) is 8.10.